The minimum absolute atomic E-state index is 0.290. The molecular formula is C6H10ClNO3S. The number of carboxylic acids is 1. The van der Waals surface area contributed by atoms with Crippen LogP contribution in [-0.4, -0.2) is 34.0 Å². The lowest BCUT2D eigenvalue weighted by Gasteiger charge is -2.11. The maximum Gasteiger partial charge on any atom is 0.327 e. The quantitative estimate of drug-likeness (QED) is 0.651. The second-order valence-corrected chi connectivity index (χ2v) is 3.69. The van der Waals surface area contributed by atoms with Gasteiger partial charge in [0.1, 0.15) is 6.04 Å². The number of nitrogens with one attached hydrogen (secondary N) is 1. The van der Waals surface area contributed by atoms with E-state index in [0.717, 1.165) is 0 Å². The Bertz CT molecular complexity index is 176. The van der Waals surface area contributed by atoms with Crippen LogP contribution in [0.3, 0.4) is 0 Å². The van der Waals surface area contributed by atoms with Crippen LogP contribution in [0, 0.1) is 0 Å². The van der Waals surface area contributed by atoms with Crippen molar-refractivity contribution < 1.29 is 14.7 Å². The molecule has 0 aliphatic carbocycles. The number of alkyl halides is 1. The third-order valence-electron chi connectivity index (χ3n) is 1.04. The lowest BCUT2D eigenvalue weighted by Crippen LogP contribution is -2.41. The molecule has 0 aromatic rings. The van der Waals surface area contributed by atoms with E-state index in [2.05, 4.69) is 5.32 Å². The summed E-state index contributed by atoms with van der Waals surface area (Å²) in [5.74, 6) is -1.10. The number of carbonyl (C=O) groups excluding carboxylic acids is 1. The first-order valence-electron chi connectivity index (χ1n) is 3.21. The molecule has 70 valence electrons. The molecule has 4 nitrogen and oxygen atoms in total. The summed E-state index contributed by atoms with van der Waals surface area (Å²) in [5.41, 5.74) is 0. The molecule has 0 aromatic heterocycles. The van der Waals surface area contributed by atoms with Gasteiger partial charge >= 0.3 is 5.97 Å². The van der Waals surface area contributed by atoms with Gasteiger partial charge in [-0.2, -0.15) is 0 Å². The lowest BCUT2D eigenvalue weighted by atomic mass is 10.3. The van der Waals surface area contributed by atoms with Crippen LogP contribution in [0.4, 0.5) is 0 Å². The number of amides is 1. The van der Waals surface area contributed by atoms with Gasteiger partial charge in [0.05, 0.1) is 5.21 Å². The minimum Gasteiger partial charge on any atom is -0.480 e. The van der Waals surface area contributed by atoms with E-state index in [0.29, 0.717) is 11.0 Å². The fourth-order valence-electron chi connectivity index (χ4n) is 0.582. The van der Waals surface area contributed by atoms with Crippen molar-refractivity contribution in [3.63, 3.8) is 0 Å². The zero-order chi connectivity index (χ0) is 9.56. The zero-order valence-corrected chi connectivity index (χ0v) is 8.11. The highest BCUT2D eigenvalue weighted by molar-refractivity contribution is 8.00. The zero-order valence-electron chi connectivity index (χ0n) is 6.54. The third kappa shape index (κ3) is 5.26. The summed E-state index contributed by atoms with van der Waals surface area (Å²) in [7, 11) is 0. The Hall–Kier alpha value is -0.420. The predicted octanol–water partition coefficient (Wildman–Crippen LogP) is 0.505. The largest absolute Gasteiger partial charge is 0.480 e. The maximum atomic E-state index is 10.5. The number of thioether (sulfide) groups is 1. The van der Waals surface area contributed by atoms with Gasteiger partial charge in [-0.25, -0.2) is 4.79 Å². The number of aliphatic carboxylic acids is 1. The van der Waals surface area contributed by atoms with Crippen LogP contribution in [0.25, 0.3) is 0 Å². The number of rotatable bonds is 5. The fourth-order valence-corrected chi connectivity index (χ4v) is 1.40. The van der Waals surface area contributed by atoms with E-state index in [4.69, 9.17) is 16.7 Å². The van der Waals surface area contributed by atoms with Gasteiger partial charge < -0.3 is 10.4 Å². The Kier molecular flexibility index (Phi) is 5.92. The molecule has 0 aliphatic rings. The van der Waals surface area contributed by atoms with Crippen molar-refractivity contribution in [2.45, 2.75) is 13.0 Å². The van der Waals surface area contributed by atoms with E-state index in [-0.39, 0.29) is 5.91 Å². The fraction of sp³-hybridized carbons (Fsp3) is 0.667. The molecule has 1 atom stereocenters. The van der Waals surface area contributed by atoms with Crippen molar-refractivity contribution in [3.05, 3.63) is 0 Å². The first kappa shape index (κ1) is 11.6. The van der Waals surface area contributed by atoms with Gasteiger partial charge in [-0.05, 0) is 0 Å². The van der Waals surface area contributed by atoms with Crippen LogP contribution in [0.2, 0.25) is 0 Å². The topological polar surface area (TPSA) is 66.4 Å². The highest BCUT2D eigenvalue weighted by Gasteiger charge is 2.17. The maximum absolute atomic E-state index is 10.5. The second-order valence-electron chi connectivity index (χ2n) is 2.07. The first-order valence-corrected chi connectivity index (χ1v) is 4.90. The monoisotopic (exact) mass is 211 g/mol. The van der Waals surface area contributed by atoms with Gasteiger partial charge in [-0.1, -0.05) is 0 Å². The SMILES string of the molecule is CC(=O)N[C@@H](CSCCl)C(=O)O. The van der Waals surface area contributed by atoms with Gasteiger partial charge in [-0.3, -0.25) is 4.79 Å². The average Bonchev–Trinajstić information content (AvgIpc) is 1.96. The molecule has 0 heterocycles. The van der Waals surface area contributed by atoms with E-state index in [9.17, 15) is 9.59 Å². The Morgan fingerprint density at radius 2 is 2.25 bits per heavy atom. The summed E-state index contributed by atoms with van der Waals surface area (Å²) in [5, 5.41) is 11.2. The molecule has 1 amide bonds. The number of carboxylic acid groups (broad SMARTS) is 1. The average molecular weight is 212 g/mol. The molecule has 0 aromatic carbocycles. The molecule has 2 N–H and O–H groups in total. The highest BCUT2D eigenvalue weighted by Crippen LogP contribution is 2.04. The van der Waals surface area contributed by atoms with Crippen LogP contribution in [0.15, 0.2) is 0 Å². The molecule has 0 spiro atoms. The summed E-state index contributed by atoms with van der Waals surface area (Å²) in [6, 6.07) is -0.841. The second kappa shape index (κ2) is 6.14. The molecule has 0 fully saturated rings. The Balaban J connectivity index is 3.87. The van der Waals surface area contributed by atoms with E-state index in [1.54, 1.807) is 0 Å². The van der Waals surface area contributed by atoms with Crippen LogP contribution in [0.1, 0.15) is 6.92 Å². The Morgan fingerprint density at radius 1 is 1.67 bits per heavy atom. The molecule has 12 heavy (non-hydrogen) atoms. The Labute approximate surface area is 79.7 Å². The summed E-state index contributed by atoms with van der Waals surface area (Å²) >= 11 is 6.60. The van der Waals surface area contributed by atoms with Crippen molar-refractivity contribution in [2.75, 3.05) is 11.0 Å². The summed E-state index contributed by atoms with van der Waals surface area (Å²) in [4.78, 5) is 21.0. The molecule has 6 heteroatoms. The van der Waals surface area contributed by atoms with E-state index in [1.165, 1.54) is 18.7 Å². The van der Waals surface area contributed by atoms with Crippen LogP contribution in [0.5, 0.6) is 0 Å². The van der Waals surface area contributed by atoms with Crippen LogP contribution < -0.4 is 5.32 Å². The smallest absolute Gasteiger partial charge is 0.327 e. The standard InChI is InChI=1S/C6H10ClNO3S/c1-4(9)8-5(6(10)11)2-12-3-7/h5H,2-3H2,1H3,(H,8,9)(H,10,11)/t5-/m0/s1. The predicted molar refractivity (Wildman–Crippen MR) is 48.4 cm³/mol. The third-order valence-corrected chi connectivity index (χ3v) is 2.22. The van der Waals surface area contributed by atoms with Crippen molar-refractivity contribution in [1.82, 2.24) is 5.32 Å². The van der Waals surface area contributed by atoms with Crippen molar-refractivity contribution >= 4 is 35.2 Å². The highest BCUT2D eigenvalue weighted by atomic mass is 35.5. The van der Waals surface area contributed by atoms with E-state index in [1.807, 2.05) is 0 Å². The van der Waals surface area contributed by atoms with E-state index < -0.39 is 12.0 Å². The van der Waals surface area contributed by atoms with Gasteiger partial charge in [0, 0.05) is 12.7 Å². The van der Waals surface area contributed by atoms with Crippen LogP contribution in [-0.2, 0) is 9.59 Å². The van der Waals surface area contributed by atoms with Gasteiger partial charge in [-0.15, -0.1) is 23.4 Å². The Morgan fingerprint density at radius 3 is 2.58 bits per heavy atom. The molecule has 0 saturated carbocycles. The molecule has 0 bridgehead atoms. The summed E-state index contributed by atoms with van der Waals surface area (Å²) in [6.45, 7) is 1.28. The summed E-state index contributed by atoms with van der Waals surface area (Å²) in [6.07, 6.45) is 0. The minimum atomic E-state index is -1.04. The molecule has 0 aliphatic heterocycles. The normalized spacial score (nSPS) is 12.2. The number of hydrogen-bond acceptors (Lipinski definition) is 3. The summed E-state index contributed by atoms with van der Waals surface area (Å²) < 4.78 is 0. The number of halogens is 1. The molecule has 0 radical (unpaired) electrons. The van der Waals surface area contributed by atoms with Gasteiger partial charge in [0.2, 0.25) is 5.91 Å². The van der Waals surface area contributed by atoms with Crippen molar-refractivity contribution in [3.8, 4) is 0 Å². The van der Waals surface area contributed by atoms with Crippen LogP contribution >= 0.6 is 23.4 Å². The van der Waals surface area contributed by atoms with Crippen molar-refractivity contribution in [2.24, 2.45) is 0 Å². The van der Waals surface area contributed by atoms with Gasteiger partial charge in [0.15, 0.2) is 0 Å². The van der Waals surface area contributed by atoms with Crippen molar-refractivity contribution in [1.29, 1.82) is 0 Å². The molecule has 0 saturated heterocycles. The molecule has 0 rings (SSSR count). The number of hydrogen-bond donors (Lipinski definition) is 2. The molecular weight excluding hydrogens is 202 g/mol. The van der Waals surface area contributed by atoms with E-state index >= 15 is 0 Å². The molecule has 0 unspecified atom stereocenters. The lowest BCUT2D eigenvalue weighted by molar-refractivity contribution is -0.140. The number of carbonyl (C=O) groups is 2. The van der Waals surface area contributed by atoms with Gasteiger partial charge in [0.25, 0.3) is 0 Å². The first-order chi connectivity index (χ1) is 5.57.